The molecular formula is C31H35Cl2SSiZr. The summed E-state index contributed by atoms with van der Waals surface area (Å²) in [6.45, 7) is 14.1. The molecule has 3 heterocycles. The molecule has 0 radical (unpaired) electrons. The van der Waals surface area contributed by atoms with Crippen LogP contribution in [0.1, 0.15) is 74.8 Å². The molecule has 0 saturated carbocycles. The Hall–Kier alpha value is -0.700. The maximum absolute atomic E-state index is 2.52. The molecule has 2 bridgehead atoms. The van der Waals surface area contributed by atoms with Gasteiger partial charge in [0, 0.05) is 15.3 Å². The molecule has 5 heteroatoms. The van der Waals surface area contributed by atoms with Crippen molar-refractivity contribution >= 4 is 30.7 Å². The monoisotopic (exact) mass is 627 g/mol. The summed E-state index contributed by atoms with van der Waals surface area (Å²) in [7, 11) is -0.995. The quantitative estimate of drug-likeness (QED) is 0.388. The summed E-state index contributed by atoms with van der Waals surface area (Å²) < 4.78 is 0.649. The van der Waals surface area contributed by atoms with E-state index in [2.05, 4.69) is 95.4 Å². The molecule has 2 aliphatic carbocycles. The van der Waals surface area contributed by atoms with Crippen LogP contribution < -0.4 is 24.8 Å². The number of halogens is 2. The average Bonchev–Trinajstić information content (AvgIpc) is 3.46. The van der Waals surface area contributed by atoms with Gasteiger partial charge in [0.1, 0.15) is 0 Å². The van der Waals surface area contributed by atoms with Crippen LogP contribution in [0.3, 0.4) is 0 Å². The van der Waals surface area contributed by atoms with Gasteiger partial charge >= 0.3 is 143 Å². The van der Waals surface area contributed by atoms with Gasteiger partial charge in [0.05, 0.1) is 8.07 Å². The van der Waals surface area contributed by atoms with Crippen LogP contribution in [-0.2, 0) is 31.1 Å². The summed E-state index contributed by atoms with van der Waals surface area (Å²) in [6.07, 6.45) is 6.12. The van der Waals surface area contributed by atoms with Crippen molar-refractivity contribution in [3.63, 3.8) is 0 Å². The molecule has 187 valence electrons. The van der Waals surface area contributed by atoms with Gasteiger partial charge < -0.3 is 24.8 Å². The zero-order chi connectivity index (χ0) is 24.2. The number of hydrogen-bond donors (Lipinski definition) is 0. The fourth-order valence-electron chi connectivity index (χ4n) is 6.33. The second-order valence-electron chi connectivity index (χ2n) is 10.8. The molecule has 0 N–H and O–H groups in total. The van der Waals surface area contributed by atoms with E-state index in [1.54, 1.807) is 45.9 Å². The van der Waals surface area contributed by atoms with Crippen LogP contribution in [0.15, 0.2) is 59.7 Å². The van der Waals surface area contributed by atoms with E-state index < -0.39 is 8.07 Å². The number of hydrogen-bond acceptors (Lipinski definition) is 1. The molecular weight excluding hydrogens is 595 g/mol. The van der Waals surface area contributed by atoms with Crippen molar-refractivity contribution in [1.29, 1.82) is 0 Å². The van der Waals surface area contributed by atoms with Crippen molar-refractivity contribution < 1.29 is 49.5 Å². The minimum Gasteiger partial charge on any atom is -1.00 e. The number of allylic oxidation sites excluding steroid dienone is 2. The van der Waals surface area contributed by atoms with Gasteiger partial charge in [0.2, 0.25) is 0 Å². The zero-order valence-electron chi connectivity index (χ0n) is 22.1. The predicted molar refractivity (Wildman–Crippen MR) is 149 cm³/mol. The van der Waals surface area contributed by atoms with Gasteiger partial charge in [0.15, 0.2) is 0 Å². The Balaban J connectivity index is 0.000000208. The van der Waals surface area contributed by atoms with Crippen LogP contribution in [0.4, 0.5) is 0 Å². The van der Waals surface area contributed by atoms with Crippen molar-refractivity contribution in [2.75, 3.05) is 0 Å². The topological polar surface area (TPSA) is 0 Å². The van der Waals surface area contributed by atoms with Crippen molar-refractivity contribution in [2.45, 2.75) is 69.2 Å². The standard InChI is InChI=1S/C20H21.C11H14SSi.2ClH.Zr/c1-3-4-6-16-9-11-17(12-10-16)19-8-5-7-18-13-15(2)14-20(18)19;1-6-5-8-9(12-6)11-7(2)10(8)13(11,3)4;;;/h5,7-14H,3-4,6H2,1-2H3;5,10H,1-4H3;2*1H;/q;;;;+2/p-2. The van der Waals surface area contributed by atoms with Crippen LogP contribution in [-0.4, -0.2) is 8.07 Å². The van der Waals surface area contributed by atoms with Crippen molar-refractivity contribution in [3.8, 4) is 11.1 Å². The number of thiophene rings is 1. The van der Waals surface area contributed by atoms with Gasteiger partial charge in [-0.1, -0.05) is 18.7 Å². The Morgan fingerprint density at radius 3 is 2.25 bits per heavy atom. The summed E-state index contributed by atoms with van der Waals surface area (Å²) in [5, 5.41) is 1.78. The van der Waals surface area contributed by atoms with Crippen LogP contribution in [0.25, 0.3) is 22.4 Å². The zero-order valence-corrected chi connectivity index (χ0v) is 27.9. The van der Waals surface area contributed by atoms with E-state index in [4.69, 9.17) is 0 Å². The Bertz CT molecular complexity index is 1320. The fraction of sp³-hybridized carbons (Fsp3) is 0.355. The molecule has 2 atom stereocenters. The molecule has 3 aromatic rings. The molecule has 2 aliphatic heterocycles. The molecule has 0 saturated heterocycles. The molecule has 7 rings (SSSR count). The van der Waals surface area contributed by atoms with Crippen LogP contribution in [0.2, 0.25) is 13.1 Å². The molecule has 0 nitrogen and oxygen atoms in total. The number of benzene rings is 2. The number of unbranched alkanes of at least 4 members (excludes halogenated alkanes) is 1. The van der Waals surface area contributed by atoms with Gasteiger partial charge in [-0.2, -0.15) is 0 Å². The van der Waals surface area contributed by atoms with Gasteiger partial charge in [-0.3, -0.25) is 0 Å². The molecule has 0 spiro atoms. The second kappa shape index (κ2) is 11.6. The van der Waals surface area contributed by atoms with Crippen molar-refractivity contribution in [1.82, 2.24) is 0 Å². The van der Waals surface area contributed by atoms with Gasteiger partial charge in [0.25, 0.3) is 0 Å². The summed E-state index contributed by atoms with van der Waals surface area (Å²) >= 11 is 3.60. The second-order valence-corrected chi connectivity index (χ2v) is 18.0. The molecule has 36 heavy (non-hydrogen) atoms. The normalized spacial score (nSPS) is 19.7. The Morgan fingerprint density at radius 2 is 1.64 bits per heavy atom. The molecule has 4 aliphatic rings. The van der Waals surface area contributed by atoms with E-state index in [0.717, 1.165) is 5.54 Å². The van der Waals surface area contributed by atoms with Gasteiger partial charge in [-0.05, 0) is 30.7 Å². The molecule has 2 aromatic carbocycles. The Kier molecular flexibility index (Phi) is 9.61. The van der Waals surface area contributed by atoms with Crippen molar-refractivity contribution in [3.05, 3.63) is 91.7 Å². The van der Waals surface area contributed by atoms with Gasteiger partial charge in [-0.25, -0.2) is 0 Å². The van der Waals surface area contributed by atoms with E-state index in [-0.39, 0.29) is 24.8 Å². The van der Waals surface area contributed by atoms with Gasteiger partial charge in [-0.15, -0.1) is 11.3 Å². The summed E-state index contributed by atoms with van der Waals surface area (Å²) in [5.74, 6) is 0. The molecule has 0 fully saturated rings. The number of aryl methyl sites for hydroxylation is 2. The third kappa shape index (κ3) is 5.01. The summed E-state index contributed by atoms with van der Waals surface area (Å²) in [4.78, 5) is 3.14. The maximum Gasteiger partial charge on any atom is -1.00 e. The summed E-state index contributed by atoms with van der Waals surface area (Å²) in [5.41, 5.74) is 12.9. The third-order valence-electron chi connectivity index (χ3n) is 7.98. The van der Waals surface area contributed by atoms with E-state index in [1.165, 1.54) is 57.5 Å². The van der Waals surface area contributed by atoms with Crippen LogP contribution >= 0.6 is 11.3 Å². The van der Waals surface area contributed by atoms with Crippen LogP contribution in [0.5, 0.6) is 0 Å². The minimum absolute atomic E-state index is 0. The predicted octanol–water partition coefficient (Wildman–Crippen LogP) is 3.44. The SMILES string of the molecule is CC1=C2c3sc(C)cc3C1[Si]2(C)C.CCCCc1ccc(-c2cccc3c2C=C(C)[CH]3[Zr+2])cc1.[Cl-].[Cl-]. The number of rotatable bonds is 4. The van der Waals surface area contributed by atoms with E-state index in [9.17, 15) is 0 Å². The first-order chi connectivity index (χ1) is 16.2. The first-order valence-corrected chi connectivity index (χ1v) is 18.0. The largest absolute Gasteiger partial charge is 1.00 e. The maximum atomic E-state index is 2.52. The van der Waals surface area contributed by atoms with E-state index in [0.29, 0.717) is 3.63 Å². The number of fused-ring (bicyclic) bond motifs is 1. The Labute approximate surface area is 250 Å². The average molecular weight is 630 g/mol. The van der Waals surface area contributed by atoms with E-state index in [1.807, 2.05) is 11.3 Å². The Morgan fingerprint density at radius 1 is 0.944 bits per heavy atom. The molecule has 0 amide bonds. The van der Waals surface area contributed by atoms with Crippen LogP contribution in [0, 0.1) is 6.92 Å². The van der Waals surface area contributed by atoms with Crippen molar-refractivity contribution in [2.24, 2.45) is 0 Å². The summed E-state index contributed by atoms with van der Waals surface area (Å²) in [6, 6.07) is 18.4. The first kappa shape index (κ1) is 29.9. The molecule has 2 unspecified atom stereocenters. The molecule has 1 aromatic heterocycles. The smallest absolute Gasteiger partial charge is 1.00 e. The first-order valence-electron chi connectivity index (χ1n) is 12.7. The fourth-order valence-corrected chi connectivity index (χ4v) is 13.5. The minimum atomic E-state index is -0.995. The third-order valence-corrected chi connectivity index (χ3v) is 15.2. The van der Waals surface area contributed by atoms with E-state index >= 15 is 0 Å².